The maximum absolute atomic E-state index is 12.0. The molecule has 3 N–H and O–H groups in total. The summed E-state index contributed by atoms with van der Waals surface area (Å²) in [7, 11) is 0. The molecule has 0 radical (unpaired) electrons. The van der Waals surface area contributed by atoms with E-state index < -0.39 is 0 Å². The highest BCUT2D eigenvalue weighted by molar-refractivity contribution is 5.94. The van der Waals surface area contributed by atoms with Gasteiger partial charge in [-0.05, 0) is 57.5 Å². The van der Waals surface area contributed by atoms with E-state index in [1.807, 2.05) is 55.8 Å². The van der Waals surface area contributed by atoms with Crippen LogP contribution in [0.25, 0.3) is 5.69 Å². The zero-order valence-electron chi connectivity index (χ0n) is 13.2. The maximum atomic E-state index is 12.0. The van der Waals surface area contributed by atoms with Crippen LogP contribution in [0.5, 0.6) is 0 Å². The van der Waals surface area contributed by atoms with Crippen molar-refractivity contribution in [3.8, 4) is 5.69 Å². The molecule has 2 aromatic rings. The average molecular weight is 323 g/mol. The fraction of sp³-hybridized carbons (Fsp3) is 0.375. The molecule has 1 aromatic carbocycles. The van der Waals surface area contributed by atoms with E-state index in [-0.39, 0.29) is 24.4 Å². The van der Waals surface area contributed by atoms with Crippen molar-refractivity contribution in [3.05, 3.63) is 47.3 Å². The summed E-state index contributed by atoms with van der Waals surface area (Å²) in [4.78, 5) is 12.0. The van der Waals surface area contributed by atoms with Gasteiger partial charge in [0.25, 0.3) is 5.91 Å². The minimum atomic E-state index is -0.0735. The van der Waals surface area contributed by atoms with Gasteiger partial charge in [-0.2, -0.15) is 5.10 Å². The lowest BCUT2D eigenvalue weighted by Gasteiger charge is -2.08. The fourth-order valence-electron chi connectivity index (χ4n) is 2.16. The second kappa shape index (κ2) is 7.96. The van der Waals surface area contributed by atoms with Crippen molar-refractivity contribution in [2.24, 2.45) is 5.73 Å². The van der Waals surface area contributed by atoms with E-state index in [9.17, 15) is 4.79 Å². The Bertz CT molecular complexity index is 620. The summed E-state index contributed by atoms with van der Waals surface area (Å²) >= 11 is 0. The molecule has 1 unspecified atom stereocenters. The molecule has 0 bridgehead atoms. The Morgan fingerprint density at radius 3 is 2.45 bits per heavy atom. The Balaban J connectivity index is 0.00000242. The zero-order valence-corrected chi connectivity index (χ0v) is 14.0. The van der Waals surface area contributed by atoms with E-state index in [0.717, 1.165) is 23.5 Å². The van der Waals surface area contributed by atoms with Crippen molar-refractivity contribution < 1.29 is 4.79 Å². The lowest BCUT2D eigenvalue weighted by molar-refractivity contribution is 0.0953. The Morgan fingerprint density at radius 2 is 1.95 bits per heavy atom. The first kappa shape index (κ1) is 18.2. The molecular formula is C16H23ClN4O. The molecule has 22 heavy (non-hydrogen) atoms. The van der Waals surface area contributed by atoms with E-state index >= 15 is 0 Å². The van der Waals surface area contributed by atoms with Gasteiger partial charge in [0, 0.05) is 23.8 Å². The van der Waals surface area contributed by atoms with Crippen molar-refractivity contribution in [2.45, 2.75) is 33.2 Å². The molecule has 2 rings (SSSR count). The second-order valence-corrected chi connectivity index (χ2v) is 5.41. The van der Waals surface area contributed by atoms with Crippen LogP contribution in [0.1, 0.15) is 35.1 Å². The topological polar surface area (TPSA) is 72.9 Å². The van der Waals surface area contributed by atoms with E-state index in [1.165, 1.54) is 0 Å². The minimum absolute atomic E-state index is 0. The van der Waals surface area contributed by atoms with Gasteiger partial charge < -0.3 is 11.1 Å². The summed E-state index contributed by atoms with van der Waals surface area (Å²) in [6.45, 7) is 6.49. The number of carbonyl (C=O) groups excluding carboxylic acids is 1. The molecule has 1 aromatic heterocycles. The van der Waals surface area contributed by atoms with Gasteiger partial charge in [-0.1, -0.05) is 0 Å². The fourth-order valence-corrected chi connectivity index (χ4v) is 2.16. The van der Waals surface area contributed by atoms with Gasteiger partial charge in [-0.3, -0.25) is 4.79 Å². The number of hydrogen-bond donors (Lipinski definition) is 2. The number of aryl methyl sites for hydroxylation is 2. The van der Waals surface area contributed by atoms with E-state index in [0.29, 0.717) is 12.1 Å². The smallest absolute Gasteiger partial charge is 0.251 e. The first-order valence-corrected chi connectivity index (χ1v) is 7.15. The normalized spacial score (nSPS) is 11.6. The Kier molecular flexibility index (Phi) is 6.59. The first-order valence-electron chi connectivity index (χ1n) is 7.15. The molecule has 0 saturated heterocycles. The summed E-state index contributed by atoms with van der Waals surface area (Å²) in [5.41, 5.74) is 9.30. The molecule has 0 aliphatic heterocycles. The second-order valence-electron chi connectivity index (χ2n) is 5.41. The summed E-state index contributed by atoms with van der Waals surface area (Å²) in [5, 5.41) is 7.29. The lowest BCUT2D eigenvalue weighted by Crippen LogP contribution is -2.28. The van der Waals surface area contributed by atoms with Crippen LogP contribution in [0.4, 0.5) is 0 Å². The molecule has 1 amide bonds. The standard InChI is InChI=1S/C16H22N4O.ClH/c1-11(17)8-9-18-16(21)14-4-6-15(7-5-14)20-13(3)10-12(2)19-20;/h4-7,10-11H,8-9,17H2,1-3H3,(H,18,21);1H. The summed E-state index contributed by atoms with van der Waals surface area (Å²) in [6, 6.07) is 9.55. The van der Waals surface area contributed by atoms with Gasteiger partial charge in [0.15, 0.2) is 0 Å². The van der Waals surface area contributed by atoms with Crippen molar-refractivity contribution in [1.82, 2.24) is 15.1 Å². The maximum Gasteiger partial charge on any atom is 0.251 e. The third-order valence-corrected chi connectivity index (χ3v) is 3.27. The molecule has 6 heteroatoms. The number of halogens is 1. The molecule has 120 valence electrons. The number of nitrogens with zero attached hydrogens (tertiary/aromatic N) is 2. The van der Waals surface area contributed by atoms with Gasteiger partial charge in [-0.25, -0.2) is 4.68 Å². The molecule has 0 spiro atoms. The van der Waals surface area contributed by atoms with Crippen molar-refractivity contribution in [3.63, 3.8) is 0 Å². The van der Waals surface area contributed by atoms with E-state index in [1.54, 1.807) is 0 Å². The summed E-state index contributed by atoms with van der Waals surface area (Å²) < 4.78 is 1.87. The van der Waals surface area contributed by atoms with Gasteiger partial charge in [0.2, 0.25) is 0 Å². The number of rotatable bonds is 5. The van der Waals surface area contributed by atoms with Crippen LogP contribution in [-0.2, 0) is 0 Å². The van der Waals surface area contributed by atoms with Gasteiger partial charge in [-0.15, -0.1) is 12.4 Å². The average Bonchev–Trinajstić information content (AvgIpc) is 2.77. The molecule has 0 fully saturated rings. The molecule has 0 saturated carbocycles. The van der Waals surface area contributed by atoms with Crippen molar-refractivity contribution in [2.75, 3.05) is 6.54 Å². The number of aromatic nitrogens is 2. The first-order chi connectivity index (χ1) is 9.97. The predicted octanol–water partition coefficient (Wildman–Crippen LogP) is 2.38. The molecule has 1 heterocycles. The monoisotopic (exact) mass is 322 g/mol. The molecular weight excluding hydrogens is 300 g/mol. The SMILES string of the molecule is Cc1cc(C)n(-c2ccc(C(=O)NCCC(C)N)cc2)n1.Cl. The number of benzene rings is 1. The van der Waals surface area contributed by atoms with Crippen LogP contribution in [0.3, 0.4) is 0 Å². The van der Waals surface area contributed by atoms with E-state index in [2.05, 4.69) is 10.4 Å². The third kappa shape index (κ3) is 4.58. The largest absolute Gasteiger partial charge is 0.352 e. The number of nitrogens with two attached hydrogens (primary N) is 1. The van der Waals surface area contributed by atoms with Crippen molar-refractivity contribution in [1.29, 1.82) is 0 Å². The van der Waals surface area contributed by atoms with E-state index in [4.69, 9.17) is 5.73 Å². The van der Waals surface area contributed by atoms with Crippen LogP contribution in [0, 0.1) is 13.8 Å². The minimum Gasteiger partial charge on any atom is -0.352 e. The van der Waals surface area contributed by atoms with Gasteiger partial charge in [0.05, 0.1) is 11.4 Å². The number of hydrogen-bond acceptors (Lipinski definition) is 3. The van der Waals surface area contributed by atoms with Gasteiger partial charge in [0.1, 0.15) is 0 Å². The van der Waals surface area contributed by atoms with Crippen LogP contribution in [0.2, 0.25) is 0 Å². The number of amides is 1. The molecule has 0 aliphatic rings. The summed E-state index contributed by atoms with van der Waals surface area (Å²) in [6.07, 6.45) is 0.773. The third-order valence-electron chi connectivity index (χ3n) is 3.27. The highest BCUT2D eigenvalue weighted by Crippen LogP contribution is 2.13. The zero-order chi connectivity index (χ0) is 15.4. The number of carbonyl (C=O) groups is 1. The van der Waals surface area contributed by atoms with Crippen LogP contribution in [0.15, 0.2) is 30.3 Å². The highest BCUT2D eigenvalue weighted by atomic mass is 35.5. The number of nitrogens with one attached hydrogen (secondary N) is 1. The quantitative estimate of drug-likeness (QED) is 0.887. The Labute approximate surface area is 137 Å². The van der Waals surface area contributed by atoms with Crippen LogP contribution in [-0.4, -0.2) is 28.3 Å². The van der Waals surface area contributed by atoms with Crippen LogP contribution < -0.4 is 11.1 Å². The Hall–Kier alpha value is -1.85. The lowest BCUT2D eigenvalue weighted by atomic mass is 10.2. The Morgan fingerprint density at radius 1 is 1.32 bits per heavy atom. The molecule has 5 nitrogen and oxygen atoms in total. The predicted molar refractivity (Wildman–Crippen MR) is 90.9 cm³/mol. The molecule has 0 aliphatic carbocycles. The summed E-state index contributed by atoms with van der Waals surface area (Å²) in [5.74, 6) is -0.0735. The highest BCUT2D eigenvalue weighted by Gasteiger charge is 2.07. The van der Waals surface area contributed by atoms with Gasteiger partial charge >= 0.3 is 0 Å². The van der Waals surface area contributed by atoms with Crippen LogP contribution >= 0.6 is 12.4 Å². The molecule has 1 atom stereocenters. The van der Waals surface area contributed by atoms with Crippen molar-refractivity contribution >= 4 is 18.3 Å².